The van der Waals surface area contributed by atoms with Gasteiger partial charge in [0.15, 0.2) is 5.78 Å². The molecule has 2 rings (SSSR count). The average Bonchev–Trinajstić information content (AvgIpc) is 2.34. The first-order valence-corrected chi connectivity index (χ1v) is 6.08. The van der Waals surface area contributed by atoms with Crippen LogP contribution in [0.2, 0.25) is 0 Å². The highest BCUT2D eigenvalue weighted by atomic mass is 79.9. The van der Waals surface area contributed by atoms with E-state index in [-0.39, 0.29) is 18.0 Å². The van der Waals surface area contributed by atoms with Crippen LogP contribution in [0.15, 0.2) is 46.9 Å². The fraction of sp³-hybridized carbons (Fsp3) is 0.0714. The monoisotopic (exact) mass is 310 g/mol. The van der Waals surface area contributed by atoms with Gasteiger partial charge in [0.2, 0.25) is 0 Å². The molecule has 0 spiro atoms. The molecule has 4 heteroatoms. The zero-order chi connectivity index (χ0) is 13.1. The first-order valence-electron chi connectivity index (χ1n) is 5.29. The molecule has 0 heterocycles. The topological polar surface area (TPSA) is 17.1 Å². The third-order valence-electron chi connectivity index (χ3n) is 2.52. The average molecular weight is 311 g/mol. The Bertz CT molecular complexity index is 579. The zero-order valence-electron chi connectivity index (χ0n) is 9.29. The Balaban J connectivity index is 2.21. The molecule has 1 nitrogen and oxygen atoms in total. The molecular formula is C14H9BrF2O. The van der Waals surface area contributed by atoms with Crippen LogP contribution in [0.4, 0.5) is 8.78 Å². The molecule has 0 radical (unpaired) electrons. The summed E-state index contributed by atoms with van der Waals surface area (Å²) in [5.74, 6) is -0.958. The summed E-state index contributed by atoms with van der Waals surface area (Å²) in [6.07, 6.45) is 0.0734. The first-order chi connectivity index (χ1) is 8.56. The van der Waals surface area contributed by atoms with Gasteiger partial charge in [-0.1, -0.05) is 15.9 Å². The molecule has 0 aliphatic rings. The first kappa shape index (κ1) is 12.9. The van der Waals surface area contributed by atoms with E-state index in [1.165, 1.54) is 36.4 Å². The summed E-state index contributed by atoms with van der Waals surface area (Å²) >= 11 is 3.26. The molecule has 0 aromatic heterocycles. The Labute approximate surface area is 112 Å². The van der Waals surface area contributed by atoms with E-state index in [0.717, 1.165) is 0 Å². The van der Waals surface area contributed by atoms with E-state index in [2.05, 4.69) is 15.9 Å². The second-order valence-corrected chi connectivity index (χ2v) is 4.70. The van der Waals surface area contributed by atoms with E-state index in [4.69, 9.17) is 0 Å². The number of hydrogen-bond donors (Lipinski definition) is 0. The maximum atomic E-state index is 13.1. The van der Waals surface area contributed by atoms with Crippen molar-refractivity contribution in [1.82, 2.24) is 0 Å². The molecule has 0 saturated carbocycles. The Morgan fingerprint density at radius 2 is 1.61 bits per heavy atom. The van der Waals surface area contributed by atoms with Crippen LogP contribution >= 0.6 is 15.9 Å². The normalized spacial score (nSPS) is 10.4. The van der Waals surface area contributed by atoms with Crippen molar-refractivity contribution in [1.29, 1.82) is 0 Å². The molecule has 0 unspecified atom stereocenters. The van der Waals surface area contributed by atoms with Gasteiger partial charge >= 0.3 is 0 Å². The number of rotatable bonds is 3. The molecule has 92 valence electrons. The second kappa shape index (κ2) is 5.40. The molecule has 0 atom stereocenters. The predicted octanol–water partition coefficient (Wildman–Crippen LogP) is 4.15. The highest BCUT2D eigenvalue weighted by Crippen LogP contribution is 2.20. The van der Waals surface area contributed by atoms with Crippen LogP contribution in [0.5, 0.6) is 0 Å². The third kappa shape index (κ3) is 3.01. The van der Waals surface area contributed by atoms with Gasteiger partial charge in [-0.15, -0.1) is 0 Å². The maximum Gasteiger partial charge on any atom is 0.167 e. The standard InChI is InChI=1S/C14H9BrF2O/c15-13-6-5-12(17)7-10(13)8-14(18)9-1-3-11(16)4-2-9/h1-7H,8H2. The van der Waals surface area contributed by atoms with E-state index < -0.39 is 5.82 Å². The molecular weight excluding hydrogens is 302 g/mol. The van der Waals surface area contributed by atoms with Gasteiger partial charge < -0.3 is 0 Å². The molecule has 0 fully saturated rings. The summed E-state index contributed by atoms with van der Waals surface area (Å²) in [4.78, 5) is 11.9. The number of hydrogen-bond acceptors (Lipinski definition) is 1. The molecule has 0 amide bonds. The van der Waals surface area contributed by atoms with Crippen LogP contribution in [0, 0.1) is 11.6 Å². The van der Waals surface area contributed by atoms with Crippen LogP contribution in [0.3, 0.4) is 0 Å². The van der Waals surface area contributed by atoms with Crippen molar-refractivity contribution in [2.45, 2.75) is 6.42 Å². The minimum atomic E-state index is -0.390. The van der Waals surface area contributed by atoms with Crippen molar-refractivity contribution in [3.8, 4) is 0 Å². The molecule has 2 aromatic rings. The van der Waals surface area contributed by atoms with Crippen molar-refractivity contribution < 1.29 is 13.6 Å². The Morgan fingerprint density at radius 1 is 1.00 bits per heavy atom. The van der Waals surface area contributed by atoms with E-state index in [9.17, 15) is 13.6 Å². The van der Waals surface area contributed by atoms with Crippen LogP contribution in [-0.2, 0) is 6.42 Å². The lowest BCUT2D eigenvalue weighted by molar-refractivity contribution is 0.0992. The summed E-state index contributed by atoms with van der Waals surface area (Å²) in [6.45, 7) is 0. The fourth-order valence-electron chi connectivity index (χ4n) is 1.59. The van der Waals surface area contributed by atoms with Crippen molar-refractivity contribution in [3.05, 3.63) is 69.7 Å². The fourth-order valence-corrected chi connectivity index (χ4v) is 1.98. The second-order valence-electron chi connectivity index (χ2n) is 3.84. The molecule has 0 saturated heterocycles. The summed E-state index contributed by atoms with van der Waals surface area (Å²) < 4.78 is 26.5. The maximum absolute atomic E-state index is 13.1. The molecule has 0 aliphatic carbocycles. The van der Waals surface area contributed by atoms with Gasteiger partial charge in [-0.2, -0.15) is 0 Å². The quantitative estimate of drug-likeness (QED) is 0.778. The molecule has 0 N–H and O–H groups in total. The SMILES string of the molecule is O=C(Cc1cc(F)ccc1Br)c1ccc(F)cc1. The molecule has 2 aromatic carbocycles. The summed E-state index contributed by atoms with van der Waals surface area (Å²) in [6, 6.07) is 9.49. The Kier molecular flexibility index (Phi) is 3.87. The Morgan fingerprint density at radius 3 is 2.28 bits per heavy atom. The van der Waals surface area contributed by atoms with Crippen molar-refractivity contribution in [2.75, 3.05) is 0 Å². The number of carbonyl (C=O) groups is 1. The Hall–Kier alpha value is -1.55. The predicted molar refractivity (Wildman–Crippen MR) is 68.5 cm³/mol. The number of benzene rings is 2. The van der Waals surface area contributed by atoms with E-state index in [0.29, 0.717) is 15.6 Å². The smallest absolute Gasteiger partial charge is 0.167 e. The van der Waals surface area contributed by atoms with E-state index in [1.807, 2.05) is 0 Å². The van der Waals surface area contributed by atoms with Crippen molar-refractivity contribution >= 4 is 21.7 Å². The van der Waals surface area contributed by atoms with Gasteiger partial charge in [0.1, 0.15) is 11.6 Å². The van der Waals surface area contributed by atoms with Gasteiger partial charge in [0.05, 0.1) is 0 Å². The van der Waals surface area contributed by atoms with Gasteiger partial charge in [-0.3, -0.25) is 4.79 Å². The van der Waals surface area contributed by atoms with Crippen LogP contribution in [-0.4, -0.2) is 5.78 Å². The molecule has 0 aliphatic heterocycles. The summed E-state index contributed by atoms with van der Waals surface area (Å²) in [7, 11) is 0. The van der Waals surface area contributed by atoms with Gasteiger partial charge in [0, 0.05) is 16.5 Å². The number of ketones is 1. The zero-order valence-corrected chi connectivity index (χ0v) is 10.9. The van der Waals surface area contributed by atoms with Crippen molar-refractivity contribution in [3.63, 3.8) is 0 Å². The van der Waals surface area contributed by atoms with Crippen LogP contribution in [0.1, 0.15) is 15.9 Å². The van der Waals surface area contributed by atoms with Gasteiger partial charge in [0.25, 0.3) is 0 Å². The summed E-state index contributed by atoms with van der Waals surface area (Å²) in [5.41, 5.74) is 0.983. The van der Waals surface area contributed by atoms with E-state index >= 15 is 0 Å². The van der Waals surface area contributed by atoms with Gasteiger partial charge in [-0.25, -0.2) is 8.78 Å². The third-order valence-corrected chi connectivity index (χ3v) is 3.30. The number of Topliss-reactive ketones (excluding diaryl/α,β-unsaturated/α-hetero) is 1. The highest BCUT2D eigenvalue weighted by Gasteiger charge is 2.10. The lowest BCUT2D eigenvalue weighted by Crippen LogP contribution is -2.04. The van der Waals surface area contributed by atoms with Crippen molar-refractivity contribution in [2.24, 2.45) is 0 Å². The molecule has 0 bridgehead atoms. The summed E-state index contributed by atoms with van der Waals surface area (Å²) in [5, 5.41) is 0. The minimum Gasteiger partial charge on any atom is -0.294 e. The lowest BCUT2D eigenvalue weighted by Gasteiger charge is -2.04. The minimum absolute atomic E-state index is 0.0734. The van der Waals surface area contributed by atoms with Crippen LogP contribution in [0.25, 0.3) is 0 Å². The largest absolute Gasteiger partial charge is 0.294 e. The molecule has 18 heavy (non-hydrogen) atoms. The van der Waals surface area contributed by atoms with Crippen LogP contribution < -0.4 is 0 Å². The number of carbonyl (C=O) groups excluding carboxylic acids is 1. The van der Waals surface area contributed by atoms with E-state index in [1.54, 1.807) is 6.07 Å². The number of halogens is 3. The van der Waals surface area contributed by atoms with Gasteiger partial charge in [-0.05, 0) is 48.0 Å². The highest BCUT2D eigenvalue weighted by molar-refractivity contribution is 9.10. The lowest BCUT2D eigenvalue weighted by atomic mass is 10.0.